The van der Waals surface area contributed by atoms with Gasteiger partial charge in [-0.2, -0.15) is 0 Å². The molecule has 0 spiro atoms. The molecule has 0 atom stereocenters. The van der Waals surface area contributed by atoms with Crippen molar-refractivity contribution in [1.29, 1.82) is 0 Å². The second kappa shape index (κ2) is 7.09. The Kier molecular flexibility index (Phi) is 5.76. The predicted octanol–water partition coefficient (Wildman–Crippen LogP) is 2.19. The van der Waals surface area contributed by atoms with Crippen LogP contribution in [0.1, 0.15) is 49.4 Å². The van der Waals surface area contributed by atoms with E-state index in [1.54, 1.807) is 12.1 Å². The Morgan fingerprint density at radius 2 is 2.00 bits per heavy atom. The zero-order valence-corrected chi connectivity index (χ0v) is 12.1. The van der Waals surface area contributed by atoms with Gasteiger partial charge in [-0.15, -0.1) is 0 Å². The number of rotatable bonds is 8. The number of aliphatic carboxylic acids is 1. The van der Waals surface area contributed by atoms with E-state index < -0.39 is 17.4 Å². The van der Waals surface area contributed by atoms with Crippen LogP contribution in [0.25, 0.3) is 0 Å². The number of furan rings is 1. The van der Waals surface area contributed by atoms with Crippen molar-refractivity contribution in [3.8, 4) is 0 Å². The van der Waals surface area contributed by atoms with Crippen LogP contribution in [0.3, 0.4) is 0 Å². The van der Waals surface area contributed by atoms with E-state index in [9.17, 15) is 9.59 Å². The maximum atomic E-state index is 12.1. The Bertz CT molecular complexity index is 462. The summed E-state index contributed by atoms with van der Waals surface area (Å²) in [5, 5.41) is 11.8. The third kappa shape index (κ3) is 4.09. The quantitative estimate of drug-likeness (QED) is 0.763. The number of carboxylic acids is 1. The van der Waals surface area contributed by atoms with Gasteiger partial charge in [0.2, 0.25) is 0 Å². The van der Waals surface area contributed by atoms with Crippen LogP contribution in [-0.2, 0) is 16.1 Å². The molecular formula is C14H21NO5. The van der Waals surface area contributed by atoms with Gasteiger partial charge in [0.1, 0.15) is 12.4 Å². The van der Waals surface area contributed by atoms with Gasteiger partial charge in [0.25, 0.3) is 5.91 Å². The zero-order valence-electron chi connectivity index (χ0n) is 12.1. The van der Waals surface area contributed by atoms with Crippen LogP contribution in [0.5, 0.6) is 0 Å². The minimum absolute atomic E-state index is 0.114. The van der Waals surface area contributed by atoms with Gasteiger partial charge in [0.05, 0.1) is 12.0 Å². The van der Waals surface area contributed by atoms with Gasteiger partial charge in [-0.05, 0) is 25.0 Å². The molecule has 0 aromatic carbocycles. The monoisotopic (exact) mass is 283 g/mol. The van der Waals surface area contributed by atoms with Crippen LogP contribution in [0.15, 0.2) is 16.5 Å². The molecule has 1 aromatic rings. The molecular weight excluding hydrogens is 262 g/mol. The Morgan fingerprint density at radius 1 is 1.35 bits per heavy atom. The van der Waals surface area contributed by atoms with Crippen LogP contribution < -0.4 is 5.32 Å². The van der Waals surface area contributed by atoms with Gasteiger partial charge < -0.3 is 19.6 Å². The molecule has 0 bridgehead atoms. The number of hydrogen-bond donors (Lipinski definition) is 2. The van der Waals surface area contributed by atoms with Crippen molar-refractivity contribution < 1.29 is 23.8 Å². The highest BCUT2D eigenvalue weighted by molar-refractivity contribution is 5.92. The fraction of sp³-hybridized carbons (Fsp3) is 0.571. The first-order chi connectivity index (χ1) is 9.46. The van der Waals surface area contributed by atoms with Crippen molar-refractivity contribution >= 4 is 11.9 Å². The summed E-state index contributed by atoms with van der Waals surface area (Å²) in [6.45, 7) is 3.99. The number of methoxy groups -OCH3 is 1. The summed E-state index contributed by atoms with van der Waals surface area (Å²) in [5.41, 5.74) is -0.753. The fourth-order valence-corrected chi connectivity index (χ4v) is 2.03. The fourth-order valence-electron chi connectivity index (χ4n) is 2.03. The Morgan fingerprint density at radius 3 is 2.50 bits per heavy atom. The van der Waals surface area contributed by atoms with E-state index in [4.69, 9.17) is 14.3 Å². The number of carboxylic acid groups (broad SMARTS) is 1. The van der Waals surface area contributed by atoms with Crippen molar-refractivity contribution in [1.82, 2.24) is 5.32 Å². The SMILES string of the molecule is CCC(CC)(CC(=O)O)NC(=O)c1ccc(COC)o1. The maximum absolute atomic E-state index is 12.1. The van der Waals surface area contributed by atoms with Gasteiger partial charge >= 0.3 is 5.97 Å². The summed E-state index contributed by atoms with van der Waals surface area (Å²) in [4.78, 5) is 23.1. The average molecular weight is 283 g/mol. The first kappa shape index (κ1) is 16.2. The highest BCUT2D eigenvalue weighted by atomic mass is 16.5. The lowest BCUT2D eigenvalue weighted by Gasteiger charge is -2.30. The van der Waals surface area contributed by atoms with Gasteiger partial charge in [-0.25, -0.2) is 0 Å². The normalized spacial score (nSPS) is 11.3. The van der Waals surface area contributed by atoms with Crippen LogP contribution >= 0.6 is 0 Å². The molecule has 0 aliphatic carbocycles. The van der Waals surface area contributed by atoms with Crippen LogP contribution in [0.4, 0.5) is 0 Å². The summed E-state index contributed by atoms with van der Waals surface area (Å²) < 4.78 is 10.3. The van der Waals surface area contributed by atoms with Crippen molar-refractivity contribution in [2.45, 2.75) is 45.3 Å². The number of ether oxygens (including phenoxy) is 1. The number of nitrogens with one attached hydrogen (secondary N) is 1. The van der Waals surface area contributed by atoms with E-state index in [1.165, 1.54) is 7.11 Å². The number of carbonyl (C=O) groups excluding carboxylic acids is 1. The number of amides is 1. The second-order valence-corrected chi connectivity index (χ2v) is 4.71. The van der Waals surface area contributed by atoms with Gasteiger partial charge in [0, 0.05) is 7.11 Å². The van der Waals surface area contributed by atoms with Crippen molar-refractivity contribution in [3.05, 3.63) is 23.7 Å². The molecule has 0 radical (unpaired) electrons. The summed E-state index contributed by atoms with van der Waals surface area (Å²) in [5.74, 6) is -0.631. The molecule has 1 heterocycles. The molecule has 112 valence electrons. The Hall–Kier alpha value is -1.82. The number of hydrogen-bond acceptors (Lipinski definition) is 4. The first-order valence-electron chi connectivity index (χ1n) is 6.58. The van der Waals surface area contributed by atoms with E-state index in [2.05, 4.69) is 5.32 Å². The molecule has 0 fully saturated rings. The van der Waals surface area contributed by atoms with Crippen LogP contribution in [0.2, 0.25) is 0 Å². The molecule has 2 N–H and O–H groups in total. The molecule has 1 aromatic heterocycles. The highest BCUT2D eigenvalue weighted by Crippen LogP contribution is 2.21. The molecule has 0 unspecified atom stereocenters. The van der Waals surface area contributed by atoms with Crippen molar-refractivity contribution in [2.24, 2.45) is 0 Å². The van der Waals surface area contributed by atoms with Crippen LogP contribution in [-0.4, -0.2) is 29.6 Å². The third-order valence-corrected chi connectivity index (χ3v) is 3.39. The van der Waals surface area contributed by atoms with E-state index >= 15 is 0 Å². The molecule has 20 heavy (non-hydrogen) atoms. The van der Waals surface area contributed by atoms with E-state index in [1.807, 2.05) is 13.8 Å². The summed E-state index contributed by atoms with van der Waals surface area (Å²) >= 11 is 0. The largest absolute Gasteiger partial charge is 0.481 e. The maximum Gasteiger partial charge on any atom is 0.305 e. The molecule has 0 aliphatic rings. The molecule has 6 heteroatoms. The second-order valence-electron chi connectivity index (χ2n) is 4.71. The lowest BCUT2D eigenvalue weighted by Crippen LogP contribution is -2.49. The van der Waals surface area contributed by atoms with E-state index in [0.29, 0.717) is 18.6 Å². The first-order valence-corrected chi connectivity index (χ1v) is 6.58. The average Bonchev–Trinajstić information content (AvgIpc) is 2.86. The topological polar surface area (TPSA) is 88.8 Å². The van der Waals surface area contributed by atoms with Gasteiger partial charge in [0.15, 0.2) is 5.76 Å². The van der Waals surface area contributed by atoms with Gasteiger partial charge in [-0.1, -0.05) is 13.8 Å². The smallest absolute Gasteiger partial charge is 0.305 e. The predicted molar refractivity (Wildman–Crippen MR) is 72.5 cm³/mol. The van der Waals surface area contributed by atoms with Gasteiger partial charge in [-0.3, -0.25) is 9.59 Å². The highest BCUT2D eigenvalue weighted by Gasteiger charge is 2.32. The van der Waals surface area contributed by atoms with E-state index in [-0.39, 0.29) is 18.8 Å². The minimum Gasteiger partial charge on any atom is -0.481 e. The Labute approximate surface area is 118 Å². The zero-order chi connectivity index (χ0) is 15.2. The Balaban J connectivity index is 2.81. The van der Waals surface area contributed by atoms with Crippen LogP contribution in [0, 0.1) is 0 Å². The summed E-state index contributed by atoms with van der Waals surface area (Å²) in [7, 11) is 1.54. The summed E-state index contributed by atoms with van der Waals surface area (Å²) in [6.07, 6.45) is 0.956. The number of carbonyl (C=O) groups is 2. The summed E-state index contributed by atoms with van der Waals surface area (Å²) in [6, 6.07) is 3.22. The lowest BCUT2D eigenvalue weighted by atomic mass is 9.89. The van der Waals surface area contributed by atoms with E-state index in [0.717, 1.165) is 0 Å². The van der Waals surface area contributed by atoms with Crippen molar-refractivity contribution in [2.75, 3.05) is 7.11 Å². The van der Waals surface area contributed by atoms with Crippen molar-refractivity contribution in [3.63, 3.8) is 0 Å². The third-order valence-electron chi connectivity index (χ3n) is 3.39. The molecule has 1 amide bonds. The lowest BCUT2D eigenvalue weighted by molar-refractivity contribution is -0.138. The molecule has 6 nitrogen and oxygen atoms in total. The standard InChI is InChI=1S/C14H21NO5/c1-4-14(5-2,8-12(16)17)15-13(18)11-7-6-10(20-11)9-19-3/h6-7H,4-5,8-9H2,1-3H3,(H,15,18)(H,16,17). The molecule has 0 saturated heterocycles. The molecule has 0 saturated carbocycles. The molecule has 1 rings (SSSR count). The molecule has 0 aliphatic heterocycles. The minimum atomic E-state index is -0.937.